The summed E-state index contributed by atoms with van der Waals surface area (Å²) in [6.45, 7) is 3.86. The SMILES string of the molecule is COC(=O)C(Cl)CNC(=O)c1cccc(C)c1C. The molecule has 0 radical (unpaired) electrons. The van der Waals surface area contributed by atoms with E-state index in [1.54, 1.807) is 6.07 Å². The number of halogens is 1. The zero-order chi connectivity index (χ0) is 13.7. The van der Waals surface area contributed by atoms with E-state index in [1.165, 1.54) is 7.11 Å². The van der Waals surface area contributed by atoms with Gasteiger partial charge in [0, 0.05) is 12.1 Å². The van der Waals surface area contributed by atoms with Crippen LogP contribution in [0.15, 0.2) is 18.2 Å². The monoisotopic (exact) mass is 269 g/mol. The fourth-order valence-corrected chi connectivity index (χ4v) is 1.65. The molecule has 0 aliphatic carbocycles. The van der Waals surface area contributed by atoms with E-state index in [9.17, 15) is 9.59 Å². The normalized spacial score (nSPS) is 11.8. The number of hydrogen-bond donors (Lipinski definition) is 1. The number of carbonyl (C=O) groups excluding carboxylic acids is 2. The van der Waals surface area contributed by atoms with Crippen LogP contribution in [0.25, 0.3) is 0 Å². The van der Waals surface area contributed by atoms with Crippen molar-refractivity contribution in [2.45, 2.75) is 19.2 Å². The number of rotatable bonds is 4. The molecule has 0 aromatic heterocycles. The van der Waals surface area contributed by atoms with Gasteiger partial charge in [-0.25, -0.2) is 0 Å². The van der Waals surface area contributed by atoms with Gasteiger partial charge in [0.1, 0.15) is 5.38 Å². The number of alkyl halides is 1. The van der Waals surface area contributed by atoms with Crippen molar-refractivity contribution >= 4 is 23.5 Å². The number of hydrogen-bond acceptors (Lipinski definition) is 3. The van der Waals surface area contributed by atoms with Gasteiger partial charge in [0.2, 0.25) is 0 Å². The Bertz CT molecular complexity index is 460. The number of esters is 1. The summed E-state index contributed by atoms with van der Waals surface area (Å²) in [4.78, 5) is 23.0. The van der Waals surface area contributed by atoms with E-state index < -0.39 is 11.3 Å². The molecule has 1 unspecified atom stereocenters. The van der Waals surface area contributed by atoms with Gasteiger partial charge in [0.05, 0.1) is 7.11 Å². The van der Waals surface area contributed by atoms with Gasteiger partial charge in [-0.3, -0.25) is 9.59 Å². The van der Waals surface area contributed by atoms with Crippen molar-refractivity contribution in [1.82, 2.24) is 5.32 Å². The predicted octanol–water partition coefficient (Wildman–Crippen LogP) is 1.81. The minimum absolute atomic E-state index is 0.0421. The lowest BCUT2D eigenvalue weighted by Gasteiger charge is -2.11. The number of aryl methyl sites for hydroxylation is 1. The third-order valence-electron chi connectivity index (χ3n) is 2.75. The summed E-state index contributed by atoms with van der Waals surface area (Å²) in [6, 6.07) is 5.49. The van der Waals surface area contributed by atoms with E-state index >= 15 is 0 Å². The molecule has 1 amide bonds. The van der Waals surface area contributed by atoms with Crippen LogP contribution in [-0.4, -0.2) is 30.9 Å². The maximum absolute atomic E-state index is 11.9. The molecular formula is C13H16ClNO3. The van der Waals surface area contributed by atoms with E-state index in [4.69, 9.17) is 11.6 Å². The first-order valence-electron chi connectivity index (χ1n) is 5.53. The first kappa shape index (κ1) is 14.5. The molecule has 0 bridgehead atoms. The Morgan fingerprint density at radius 3 is 2.67 bits per heavy atom. The molecule has 1 aromatic rings. The molecule has 4 nitrogen and oxygen atoms in total. The van der Waals surface area contributed by atoms with E-state index in [-0.39, 0.29) is 12.5 Å². The number of methoxy groups -OCH3 is 1. The average molecular weight is 270 g/mol. The van der Waals surface area contributed by atoms with E-state index in [0.717, 1.165) is 11.1 Å². The lowest BCUT2D eigenvalue weighted by Crippen LogP contribution is -2.34. The van der Waals surface area contributed by atoms with Gasteiger partial charge in [-0.15, -0.1) is 11.6 Å². The summed E-state index contributed by atoms with van der Waals surface area (Å²) >= 11 is 5.74. The second kappa shape index (κ2) is 6.40. The van der Waals surface area contributed by atoms with Gasteiger partial charge >= 0.3 is 5.97 Å². The Morgan fingerprint density at radius 1 is 1.39 bits per heavy atom. The Balaban J connectivity index is 2.66. The molecule has 0 spiro atoms. The number of carbonyl (C=O) groups is 2. The second-order valence-corrected chi connectivity index (χ2v) is 4.48. The van der Waals surface area contributed by atoms with Gasteiger partial charge in [0.25, 0.3) is 5.91 Å². The Hall–Kier alpha value is -1.55. The molecule has 1 N–H and O–H groups in total. The van der Waals surface area contributed by atoms with Crippen molar-refractivity contribution in [3.63, 3.8) is 0 Å². The molecule has 0 heterocycles. The molecule has 1 atom stereocenters. The van der Waals surface area contributed by atoms with Crippen LogP contribution in [0.4, 0.5) is 0 Å². The maximum Gasteiger partial charge on any atom is 0.325 e. The van der Waals surface area contributed by atoms with Gasteiger partial charge in [-0.2, -0.15) is 0 Å². The zero-order valence-electron chi connectivity index (χ0n) is 10.6. The predicted molar refractivity (Wildman–Crippen MR) is 69.9 cm³/mol. The molecule has 0 aliphatic heterocycles. The molecule has 1 aromatic carbocycles. The standard InChI is InChI=1S/C13H16ClNO3/c1-8-5-4-6-10(9(8)2)12(16)15-7-11(14)13(17)18-3/h4-6,11H,7H2,1-3H3,(H,15,16). The van der Waals surface area contributed by atoms with Crippen molar-refractivity contribution in [1.29, 1.82) is 0 Å². The summed E-state index contributed by atoms with van der Waals surface area (Å²) in [5, 5.41) is 1.74. The van der Waals surface area contributed by atoms with Crippen LogP contribution in [0.3, 0.4) is 0 Å². The van der Waals surface area contributed by atoms with Crippen LogP contribution in [0.1, 0.15) is 21.5 Å². The van der Waals surface area contributed by atoms with E-state index in [1.807, 2.05) is 26.0 Å². The molecular weight excluding hydrogens is 254 g/mol. The highest BCUT2D eigenvalue weighted by molar-refractivity contribution is 6.30. The smallest absolute Gasteiger partial charge is 0.325 e. The van der Waals surface area contributed by atoms with Gasteiger partial charge in [0.15, 0.2) is 0 Å². The van der Waals surface area contributed by atoms with Crippen LogP contribution >= 0.6 is 11.6 Å². The fourth-order valence-electron chi connectivity index (χ4n) is 1.49. The summed E-state index contributed by atoms with van der Waals surface area (Å²) < 4.78 is 4.47. The first-order valence-corrected chi connectivity index (χ1v) is 5.97. The Kier molecular flexibility index (Phi) is 5.16. The summed E-state index contributed by atoms with van der Waals surface area (Å²) in [6.07, 6.45) is 0. The molecule has 0 aliphatic rings. The van der Waals surface area contributed by atoms with Crippen molar-refractivity contribution < 1.29 is 14.3 Å². The van der Waals surface area contributed by atoms with Gasteiger partial charge in [-0.1, -0.05) is 12.1 Å². The van der Waals surface area contributed by atoms with Gasteiger partial charge in [-0.05, 0) is 31.0 Å². The minimum atomic E-state index is -0.871. The number of benzene rings is 1. The summed E-state index contributed by atoms with van der Waals surface area (Å²) in [5.74, 6) is -0.802. The molecule has 18 heavy (non-hydrogen) atoms. The van der Waals surface area contributed by atoms with Crippen LogP contribution in [0.2, 0.25) is 0 Å². The highest BCUT2D eigenvalue weighted by atomic mass is 35.5. The van der Waals surface area contributed by atoms with Crippen molar-refractivity contribution in [3.8, 4) is 0 Å². The molecule has 0 fully saturated rings. The minimum Gasteiger partial charge on any atom is -0.468 e. The topological polar surface area (TPSA) is 55.4 Å². The Morgan fingerprint density at radius 2 is 2.06 bits per heavy atom. The molecule has 5 heteroatoms. The molecule has 1 rings (SSSR count). The zero-order valence-corrected chi connectivity index (χ0v) is 11.4. The highest BCUT2D eigenvalue weighted by Crippen LogP contribution is 2.12. The second-order valence-electron chi connectivity index (χ2n) is 3.95. The fraction of sp³-hybridized carbons (Fsp3) is 0.385. The summed E-state index contributed by atoms with van der Waals surface area (Å²) in [7, 11) is 1.25. The highest BCUT2D eigenvalue weighted by Gasteiger charge is 2.17. The molecule has 0 saturated carbocycles. The van der Waals surface area contributed by atoms with Crippen LogP contribution < -0.4 is 5.32 Å². The lowest BCUT2D eigenvalue weighted by molar-refractivity contribution is -0.140. The lowest BCUT2D eigenvalue weighted by atomic mass is 10.0. The van der Waals surface area contributed by atoms with Gasteiger partial charge < -0.3 is 10.1 Å². The van der Waals surface area contributed by atoms with E-state index in [2.05, 4.69) is 10.1 Å². The van der Waals surface area contributed by atoms with Crippen LogP contribution in [-0.2, 0) is 9.53 Å². The number of nitrogens with one attached hydrogen (secondary N) is 1. The quantitative estimate of drug-likeness (QED) is 0.670. The number of ether oxygens (including phenoxy) is 1. The first-order chi connectivity index (χ1) is 8.47. The van der Waals surface area contributed by atoms with Crippen LogP contribution in [0.5, 0.6) is 0 Å². The van der Waals surface area contributed by atoms with Crippen molar-refractivity contribution in [2.75, 3.05) is 13.7 Å². The molecule has 98 valence electrons. The summed E-state index contributed by atoms with van der Waals surface area (Å²) in [5.41, 5.74) is 2.54. The van der Waals surface area contributed by atoms with E-state index in [0.29, 0.717) is 5.56 Å². The Labute approximate surface area is 111 Å². The average Bonchev–Trinajstić information content (AvgIpc) is 2.37. The third kappa shape index (κ3) is 3.47. The van der Waals surface area contributed by atoms with Crippen molar-refractivity contribution in [3.05, 3.63) is 34.9 Å². The molecule has 0 saturated heterocycles. The van der Waals surface area contributed by atoms with Crippen molar-refractivity contribution in [2.24, 2.45) is 0 Å². The largest absolute Gasteiger partial charge is 0.468 e. The van der Waals surface area contributed by atoms with Crippen LogP contribution in [0, 0.1) is 13.8 Å². The third-order valence-corrected chi connectivity index (χ3v) is 3.08. The maximum atomic E-state index is 11.9. The number of amides is 1.